The number of halogens is 2. The molecule has 0 atom stereocenters. The van der Waals surface area contributed by atoms with Crippen molar-refractivity contribution in [1.29, 1.82) is 0 Å². The normalized spacial score (nSPS) is 14.3. The predicted octanol–water partition coefficient (Wildman–Crippen LogP) is 4.52. The molecule has 0 amide bonds. The second-order valence-corrected chi connectivity index (χ2v) is 6.10. The van der Waals surface area contributed by atoms with Crippen LogP contribution in [0.5, 0.6) is 0 Å². The lowest BCUT2D eigenvalue weighted by atomic mass is 9.95. The van der Waals surface area contributed by atoms with Crippen LogP contribution in [-0.2, 0) is 24.1 Å². The summed E-state index contributed by atoms with van der Waals surface area (Å²) in [5.41, 5.74) is 3.46. The van der Waals surface area contributed by atoms with Crippen LogP contribution in [0.2, 0.25) is 10.0 Å². The summed E-state index contributed by atoms with van der Waals surface area (Å²) >= 11 is 12.0. The fraction of sp³-hybridized carbons (Fsp3) is 0.235. The molecule has 1 aliphatic rings. The van der Waals surface area contributed by atoms with Crippen molar-refractivity contribution < 1.29 is 4.79 Å². The summed E-state index contributed by atoms with van der Waals surface area (Å²) in [6, 6.07) is 13.6. The molecule has 0 heterocycles. The largest absolute Gasteiger partial charge is 0.299 e. The Balaban J connectivity index is 1.72. The lowest BCUT2D eigenvalue weighted by Gasteiger charge is -2.09. The van der Waals surface area contributed by atoms with E-state index in [1.165, 1.54) is 11.1 Å². The average molecular weight is 305 g/mol. The molecule has 0 saturated carbocycles. The molecule has 1 nitrogen and oxygen atoms in total. The van der Waals surface area contributed by atoms with Gasteiger partial charge in [-0.2, -0.15) is 0 Å². The highest BCUT2D eigenvalue weighted by molar-refractivity contribution is 6.35. The van der Waals surface area contributed by atoms with E-state index >= 15 is 0 Å². The van der Waals surface area contributed by atoms with E-state index in [0.717, 1.165) is 18.4 Å². The zero-order valence-electron chi connectivity index (χ0n) is 10.9. The van der Waals surface area contributed by atoms with Gasteiger partial charge in [0.15, 0.2) is 0 Å². The second-order valence-electron chi connectivity index (χ2n) is 5.25. The molecule has 2 aromatic carbocycles. The highest BCUT2D eigenvalue weighted by Gasteiger charge is 2.27. The molecule has 0 bridgehead atoms. The summed E-state index contributed by atoms with van der Waals surface area (Å²) < 4.78 is 0. The number of hydrogen-bond acceptors (Lipinski definition) is 1. The molecule has 0 saturated heterocycles. The van der Waals surface area contributed by atoms with Crippen LogP contribution in [0, 0.1) is 5.92 Å². The monoisotopic (exact) mass is 304 g/mol. The van der Waals surface area contributed by atoms with Crippen molar-refractivity contribution in [2.75, 3.05) is 0 Å². The first-order valence-corrected chi connectivity index (χ1v) is 7.42. The second kappa shape index (κ2) is 5.59. The first kappa shape index (κ1) is 13.7. The van der Waals surface area contributed by atoms with Gasteiger partial charge in [0.25, 0.3) is 0 Å². The minimum Gasteiger partial charge on any atom is -0.299 e. The number of carbonyl (C=O) groups excluding carboxylic acids is 1. The van der Waals surface area contributed by atoms with E-state index < -0.39 is 0 Å². The molecule has 0 fully saturated rings. The number of Topliss-reactive ketones (excluding diaryl/α,β-unsaturated/α-hetero) is 1. The third kappa shape index (κ3) is 2.74. The SMILES string of the molecule is O=C(Cc1ccc(Cl)cc1Cl)C1Cc2ccccc2C1. The molecule has 3 heteroatoms. The summed E-state index contributed by atoms with van der Waals surface area (Å²) in [6.07, 6.45) is 2.08. The van der Waals surface area contributed by atoms with E-state index in [1.807, 2.05) is 18.2 Å². The maximum Gasteiger partial charge on any atom is 0.141 e. The molecule has 0 radical (unpaired) electrons. The van der Waals surface area contributed by atoms with Crippen LogP contribution < -0.4 is 0 Å². The number of carbonyl (C=O) groups is 1. The predicted molar refractivity (Wildman–Crippen MR) is 82.5 cm³/mol. The Morgan fingerprint density at radius 1 is 1.05 bits per heavy atom. The number of ketones is 1. The van der Waals surface area contributed by atoms with E-state index in [4.69, 9.17) is 23.2 Å². The highest BCUT2D eigenvalue weighted by atomic mass is 35.5. The van der Waals surface area contributed by atoms with E-state index in [0.29, 0.717) is 16.5 Å². The highest BCUT2D eigenvalue weighted by Crippen LogP contribution is 2.29. The Hall–Kier alpha value is -1.31. The van der Waals surface area contributed by atoms with E-state index in [-0.39, 0.29) is 11.7 Å². The molecule has 2 aromatic rings. The fourth-order valence-electron chi connectivity index (χ4n) is 2.78. The Morgan fingerprint density at radius 2 is 1.70 bits per heavy atom. The maximum atomic E-state index is 12.4. The third-order valence-electron chi connectivity index (χ3n) is 3.89. The van der Waals surface area contributed by atoms with Gasteiger partial charge < -0.3 is 0 Å². The van der Waals surface area contributed by atoms with Crippen molar-refractivity contribution in [3.63, 3.8) is 0 Å². The van der Waals surface area contributed by atoms with Gasteiger partial charge in [-0.05, 0) is 41.7 Å². The van der Waals surface area contributed by atoms with Crippen molar-refractivity contribution in [2.24, 2.45) is 5.92 Å². The van der Waals surface area contributed by atoms with E-state index in [1.54, 1.807) is 12.1 Å². The molecular formula is C17H14Cl2O. The van der Waals surface area contributed by atoms with Gasteiger partial charge in [-0.15, -0.1) is 0 Å². The number of rotatable bonds is 3. The molecule has 1 aliphatic carbocycles. The average Bonchev–Trinajstić information content (AvgIpc) is 2.86. The number of benzene rings is 2. The van der Waals surface area contributed by atoms with Crippen LogP contribution in [0.3, 0.4) is 0 Å². The lowest BCUT2D eigenvalue weighted by molar-refractivity contribution is -0.121. The smallest absolute Gasteiger partial charge is 0.141 e. The minimum absolute atomic E-state index is 0.0825. The van der Waals surface area contributed by atoms with Gasteiger partial charge in [-0.25, -0.2) is 0 Å². The Morgan fingerprint density at radius 3 is 2.30 bits per heavy atom. The van der Waals surface area contributed by atoms with Gasteiger partial charge in [0.05, 0.1) is 0 Å². The van der Waals surface area contributed by atoms with Crippen LogP contribution in [0.1, 0.15) is 16.7 Å². The van der Waals surface area contributed by atoms with Crippen LogP contribution in [0.4, 0.5) is 0 Å². The topological polar surface area (TPSA) is 17.1 Å². The molecular weight excluding hydrogens is 291 g/mol. The summed E-state index contributed by atoms with van der Waals surface area (Å²) in [5, 5.41) is 1.17. The summed E-state index contributed by atoms with van der Waals surface area (Å²) in [6.45, 7) is 0. The zero-order chi connectivity index (χ0) is 14.1. The van der Waals surface area contributed by atoms with Crippen molar-refractivity contribution in [2.45, 2.75) is 19.3 Å². The molecule has 0 unspecified atom stereocenters. The Kier molecular flexibility index (Phi) is 3.82. The summed E-state index contributed by atoms with van der Waals surface area (Å²) in [5.74, 6) is 0.338. The molecule has 0 aromatic heterocycles. The first-order valence-electron chi connectivity index (χ1n) is 6.67. The van der Waals surface area contributed by atoms with Gasteiger partial charge >= 0.3 is 0 Å². The summed E-state index contributed by atoms with van der Waals surface area (Å²) in [7, 11) is 0. The number of fused-ring (bicyclic) bond motifs is 1. The van der Waals surface area contributed by atoms with Crippen LogP contribution in [0.15, 0.2) is 42.5 Å². The molecule has 0 aliphatic heterocycles. The fourth-order valence-corrected chi connectivity index (χ4v) is 3.26. The molecule has 0 N–H and O–H groups in total. The first-order chi connectivity index (χ1) is 9.63. The minimum atomic E-state index is 0.0825. The van der Waals surface area contributed by atoms with Crippen LogP contribution in [0.25, 0.3) is 0 Å². The standard InChI is InChI=1S/C17H14Cl2O/c18-15-6-5-13(16(19)10-15)9-17(20)14-7-11-3-1-2-4-12(11)8-14/h1-6,10,14H,7-9H2. The third-order valence-corrected chi connectivity index (χ3v) is 4.47. The summed E-state index contributed by atoms with van der Waals surface area (Å²) in [4.78, 5) is 12.4. The van der Waals surface area contributed by atoms with Gasteiger partial charge in [-0.1, -0.05) is 53.5 Å². The van der Waals surface area contributed by atoms with Crippen molar-refractivity contribution in [3.8, 4) is 0 Å². The molecule has 102 valence electrons. The van der Waals surface area contributed by atoms with Crippen molar-refractivity contribution in [3.05, 3.63) is 69.2 Å². The molecule has 0 spiro atoms. The van der Waals surface area contributed by atoms with Crippen molar-refractivity contribution >= 4 is 29.0 Å². The van der Waals surface area contributed by atoms with E-state index in [2.05, 4.69) is 12.1 Å². The Bertz CT molecular complexity index is 639. The van der Waals surface area contributed by atoms with Crippen LogP contribution in [-0.4, -0.2) is 5.78 Å². The lowest BCUT2D eigenvalue weighted by Crippen LogP contribution is -2.17. The van der Waals surface area contributed by atoms with E-state index in [9.17, 15) is 4.79 Å². The van der Waals surface area contributed by atoms with Gasteiger partial charge in [0.1, 0.15) is 5.78 Å². The van der Waals surface area contributed by atoms with Crippen LogP contribution >= 0.6 is 23.2 Å². The number of hydrogen-bond donors (Lipinski definition) is 0. The molecule has 20 heavy (non-hydrogen) atoms. The van der Waals surface area contributed by atoms with Gasteiger partial charge in [-0.3, -0.25) is 4.79 Å². The molecule has 3 rings (SSSR count). The van der Waals surface area contributed by atoms with Gasteiger partial charge in [0.2, 0.25) is 0 Å². The van der Waals surface area contributed by atoms with Gasteiger partial charge in [0, 0.05) is 22.4 Å². The Labute approximate surface area is 128 Å². The maximum absolute atomic E-state index is 12.4. The zero-order valence-corrected chi connectivity index (χ0v) is 12.4. The quantitative estimate of drug-likeness (QED) is 0.815. The van der Waals surface area contributed by atoms with Crippen molar-refractivity contribution in [1.82, 2.24) is 0 Å².